The minimum Gasteiger partial charge on any atom is -0.454 e. The smallest absolute Gasteiger partial charge is 0.338 e. The second-order valence-corrected chi connectivity index (χ2v) is 4.89. The Morgan fingerprint density at radius 2 is 1.71 bits per heavy atom. The largest absolute Gasteiger partial charge is 0.454 e. The molecule has 3 nitrogen and oxygen atoms in total. The van der Waals surface area contributed by atoms with Gasteiger partial charge in [0.15, 0.2) is 0 Å². The maximum Gasteiger partial charge on any atom is 0.338 e. The number of carbonyl (C=O) groups is 1. The van der Waals surface area contributed by atoms with Gasteiger partial charge < -0.3 is 4.74 Å². The first-order valence-electron chi connectivity index (χ1n) is 6.84. The molecule has 0 fully saturated rings. The van der Waals surface area contributed by atoms with Gasteiger partial charge in [-0.1, -0.05) is 30.3 Å². The van der Waals surface area contributed by atoms with Gasteiger partial charge >= 0.3 is 5.97 Å². The molecule has 0 unspecified atom stereocenters. The maximum atomic E-state index is 12.2. The van der Waals surface area contributed by atoms with Crippen molar-refractivity contribution in [3.8, 4) is 0 Å². The fourth-order valence-electron chi connectivity index (χ4n) is 2.25. The molecular formula is C18H15NO2. The summed E-state index contributed by atoms with van der Waals surface area (Å²) in [5, 5.41) is 2.14. The van der Waals surface area contributed by atoms with E-state index in [1.54, 1.807) is 18.5 Å². The van der Waals surface area contributed by atoms with Gasteiger partial charge in [-0.15, -0.1) is 0 Å². The Kier molecular flexibility index (Phi) is 3.65. The highest BCUT2D eigenvalue weighted by Gasteiger charge is 2.13. The van der Waals surface area contributed by atoms with Gasteiger partial charge in [0.1, 0.15) is 6.10 Å². The van der Waals surface area contributed by atoms with E-state index in [0.29, 0.717) is 5.56 Å². The molecule has 2 aromatic carbocycles. The van der Waals surface area contributed by atoms with Crippen LogP contribution in [0.25, 0.3) is 10.8 Å². The fourth-order valence-corrected chi connectivity index (χ4v) is 2.25. The van der Waals surface area contributed by atoms with Gasteiger partial charge in [-0.3, -0.25) is 4.98 Å². The van der Waals surface area contributed by atoms with Crippen molar-refractivity contribution < 1.29 is 9.53 Å². The van der Waals surface area contributed by atoms with Crippen LogP contribution in [0.3, 0.4) is 0 Å². The van der Waals surface area contributed by atoms with E-state index in [-0.39, 0.29) is 12.1 Å². The third-order valence-electron chi connectivity index (χ3n) is 3.44. The molecule has 0 saturated carbocycles. The molecule has 1 atom stereocenters. The van der Waals surface area contributed by atoms with Gasteiger partial charge in [0, 0.05) is 12.4 Å². The number of nitrogens with zero attached hydrogens (tertiary/aromatic N) is 1. The van der Waals surface area contributed by atoms with Crippen molar-refractivity contribution in [3.05, 3.63) is 78.1 Å². The second-order valence-electron chi connectivity index (χ2n) is 4.89. The average molecular weight is 277 g/mol. The van der Waals surface area contributed by atoms with E-state index in [9.17, 15) is 4.79 Å². The van der Waals surface area contributed by atoms with Crippen LogP contribution in [0.15, 0.2) is 67.0 Å². The minimum atomic E-state index is -0.315. The van der Waals surface area contributed by atoms with Crippen molar-refractivity contribution in [1.29, 1.82) is 0 Å². The van der Waals surface area contributed by atoms with E-state index in [2.05, 4.69) is 4.98 Å². The number of ether oxygens (including phenoxy) is 1. The lowest BCUT2D eigenvalue weighted by Gasteiger charge is -2.13. The highest BCUT2D eigenvalue weighted by molar-refractivity contribution is 5.95. The topological polar surface area (TPSA) is 39.2 Å². The summed E-state index contributed by atoms with van der Waals surface area (Å²) in [4.78, 5) is 16.2. The summed E-state index contributed by atoms with van der Waals surface area (Å²) in [7, 11) is 0. The molecule has 21 heavy (non-hydrogen) atoms. The Balaban J connectivity index is 1.80. The molecule has 104 valence electrons. The van der Waals surface area contributed by atoms with Gasteiger partial charge in [-0.25, -0.2) is 4.79 Å². The molecule has 3 aromatic rings. The third-order valence-corrected chi connectivity index (χ3v) is 3.44. The number of pyridine rings is 1. The molecule has 0 bridgehead atoms. The van der Waals surface area contributed by atoms with Crippen molar-refractivity contribution in [2.24, 2.45) is 0 Å². The lowest BCUT2D eigenvalue weighted by atomic mass is 10.1. The molecule has 3 heteroatoms. The third kappa shape index (κ3) is 2.92. The van der Waals surface area contributed by atoms with Crippen molar-refractivity contribution >= 4 is 16.7 Å². The molecule has 0 spiro atoms. The molecule has 0 aliphatic heterocycles. The van der Waals surface area contributed by atoms with E-state index >= 15 is 0 Å². The summed E-state index contributed by atoms with van der Waals surface area (Å²) in [5.41, 5.74) is 1.49. The first kappa shape index (κ1) is 13.3. The summed E-state index contributed by atoms with van der Waals surface area (Å²) in [6.07, 6.45) is 3.08. The van der Waals surface area contributed by atoms with Gasteiger partial charge in [-0.2, -0.15) is 0 Å². The highest BCUT2D eigenvalue weighted by Crippen LogP contribution is 2.20. The molecular weight excluding hydrogens is 262 g/mol. The molecule has 0 aliphatic carbocycles. The monoisotopic (exact) mass is 277 g/mol. The molecule has 1 heterocycles. The molecule has 0 saturated heterocycles. The number of fused-ring (bicyclic) bond motifs is 1. The lowest BCUT2D eigenvalue weighted by Crippen LogP contribution is -2.09. The summed E-state index contributed by atoms with van der Waals surface area (Å²) in [6, 6.07) is 17.2. The average Bonchev–Trinajstić information content (AvgIpc) is 2.55. The van der Waals surface area contributed by atoms with Crippen LogP contribution in [0.5, 0.6) is 0 Å². The van der Waals surface area contributed by atoms with Crippen LogP contribution < -0.4 is 0 Å². The van der Waals surface area contributed by atoms with Crippen molar-refractivity contribution in [1.82, 2.24) is 4.98 Å². The van der Waals surface area contributed by atoms with Crippen LogP contribution in [0.2, 0.25) is 0 Å². The maximum absolute atomic E-state index is 12.2. The van der Waals surface area contributed by atoms with E-state index in [0.717, 1.165) is 16.3 Å². The van der Waals surface area contributed by atoms with Gasteiger partial charge in [-0.05, 0) is 47.5 Å². The van der Waals surface area contributed by atoms with E-state index in [1.165, 1.54) is 0 Å². The molecule has 0 N–H and O–H groups in total. The van der Waals surface area contributed by atoms with Gasteiger partial charge in [0.2, 0.25) is 0 Å². The van der Waals surface area contributed by atoms with Crippen LogP contribution in [0.4, 0.5) is 0 Å². The number of carbonyl (C=O) groups excluding carboxylic acids is 1. The summed E-state index contributed by atoms with van der Waals surface area (Å²) in [5.74, 6) is -0.315. The molecule has 0 amide bonds. The summed E-state index contributed by atoms with van der Waals surface area (Å²) < 4.78 is 5.50. The minimum absolute atomic E-state index is 0.299. The number of hydrogen-bond acceptors (Lipinski definition) is 3. The number of benzene rings is 2. The van der Waals surface area contributed by atoms with Crippen LogP contribution in [0, 0.1) is 0 Å². The lowest BCUT2D eigenvalue weighted by molar-refractivity contribution is 0.0338. The van der Waals surface area contributed by atoms with Crippen LogP contribution in [0.1, 0.15) is 28.9 Å². The van der Waals surface area contributed by atoms with Crippen molar-refractivity contribution in [3.63, 3.8) is 0 Å². The predicted octanol–water partition coefficient (Wildman–Crippen LogP) is 4.15. The number of rotatable bonds is 3. The van der Waals surface area contributed by atoms with Crippen LogP contribution in [-0.4, -0.2) is 11.0 Å². The van der Waals surface area contributed by atoms with E-state index < -0.39 is 0 Å². The van der Waals surface area contributed by atoms with Crippen LogP contribution >= 0.6 is 0 Å². The standard InChI is InChI=1S/C18H15NO2/c1-13(14-8-10-19-11-9-14)21-18(20)17-7-6-15-4-2-3-5-16(15)12-17/h2-13H,1H3/t13-/m0/s1. The first-order chi connectivity index (χ1) is 10.2. The Labute approximate surface area is 123 Å². The Bertz CT molecular complexity index is 768. The first-order valence-corrected chi connectivity index (χ1v) is 6.84. The van der Waals surface area contributed by atoms with Gasteiger partial charge in [0.25, 0.3) is 0 Å². The Morgan fingerprint density at radius 1 is 1.00 bits per heavy atom. The highest BCUT2D eigenvalue weighted by atomic mass is 16.5. The SMILES string of the molecule is C[C@H](OC(=O)c1ccc2ccccc2c1)c1ccncc1. The molecule has 0 aliphatic rings. The number of esters is 1. The number of aromatic nitrogens is 1. The van der Waals surface area contributed by atoms with E-state index in [1.807, 2.05) is 55.5 Å². The van der Waals surface area contributed by atoms with Gasteiger partial charge in [0.05, 0.1) is 5.56 Å². The number of hydrogen-bond donors (Lipinski definition) is 0. The molecule has 1 aromatic heterocycles. The predicted molar refractivity (Wildman–Crippen MR) is 82.0 cm³/mol. The Morgan fingerprint density at radius 3 is 2.48 bits per heavy atom. The summed E-state index contributed by atoms with van der Waals surface area (Å²) in [6.45, 7) is 1.86. The zero-order valence-corrected chi connectivity index (χ0v) is 11.7. The Hall–Kier alpha value is -2.68. The van der Waals surface area contributed by atoms with Crippen LogP contribution in [-0.2, 0) is 4.74 Å². The zero-order chi connectivity index (χ0) is 14.7. The second kappa shape index (κ2) is 5.75. The van der Waals surface area contributed by atoms with E-state index in [4.69, 9.17) is 4.74 Å². The fraction of sp³-hybridized carbons (Fsp3) is 0.111. The van der Waals surface area contributed by atoms with Crippen molar-refractivity contribution in [2.45, 2.75) is 13.0 Å². The quantitative estimate of drug-likeness (QED) is 0.675. The van der Waals surface area contributed by atoms with Crippen molar-refractivity contribution in [2.75, 3.05) is 0 Å². The molecule has 3 rings (SSSR count). The zero-order valence-electron chi connectivity index (χ0n) is 11.7. The normalized spacial score (nSPS) is 12.0. The summed E-state index contributed by atoms with van der Waals surface area (Å²) >= 11 is 0. The molecule has 0 radical (unpaired) electrons.